The van der Waals surface area contributed by atoms with Crippen LogP contribution in [0.5, 0.6) is 0 Å². The number of aliphatic hydroxyl groups is 1. The monoisotopic (exact) mass is 505 g/mol. The zero-order valence-corrected chi connectivity index (χ0v) is 21.5. The first kappa shape index (κ1) is 25.2. The molecule has 1 amide bonds. The van der Waals surface area contributed by atoms with Gasteiger partial charge in [0.05, 0.1) is 23.9 Å². The highest BCUT2D eigenvalue weighted by atomic mass is 32.1. The highest BCUT2D eigenvalue weighted by Crippen LogP contribution is 2.44. The Balaban J connectivity index is 1.90. The lowest BCUT2D eigenvalue weighted by molar-refractivity contribution is -0.132. The van der Waals surface area contributed by atoms with Gasteiger partial charge in [0.15, 0.2) is 5.13 Å². The Morgan fingerprint density at radius 3 is 2.33 bits per heavy atom. The van der Waals surface area contributed by atoms with Gasteiger partial charge in [0, 0.05) is 18.0 Å². The number of aryl methyl sites for hydroxylation is 1. The van der Waals surface area contributed by atoms with Gasteiger partial charge >= 0.3 is 11.9 Å². The molecule has 8 nitrogen and oxygen atoms in total. The molecule has 1 N–H and O–H groups in total. The van der Waals surface area contributed by atoms with Gasteiger partial charge in [-0.1, -0.05) is 56.4 Å². The second-order valence-corrected chi connectivity index (χ2v) is 10.4. The van der Waals surface area contributed by atoms with Crippen molar-refractivity contribution in [2.45, 2.75) is 46.1 Å². The Labute approximate surface area is 213 Å². The van der Waals surface area contributed by atoms with Gasteiger partial charge in [-0.2, -0.15) is 0 Å². The molecule has 1 saturated heterocycles. The second-order valence-electron chi connectivity index (χ2n) is 9.41. The van der Waals surface area contributed by atoms with E-state index in [0.717, 1.165) is 16.9 Å². The first-order valence-electron chi connectivity index (χ1n) is 11.5. The van der Waals surface area contributed by atoms with Crippen LogP contribution in [0.15, 0.2) is 54.4 Å². The maximum Gasteiger partial charge on any atom is 0.350 e. The predicted molar refractivity (Wildman–Crippen MR) is 137 cm³/mol. The highest BCUT2D eigenvalue weighted by Gasteiger charge is 2.48. The zero-order valence-electron chi connectivity index (χ0n) is 20.7. The number of pyridine rings is 1. The lowest BCUT2D eigenvalue weighted by Crippen LogP contribution is -2.29. The number of ether oxygens (including phenoxy) is 1. The average Bonchev–Trinajstić information content (AvgIpc) is 3.36. The van der Waals surface area contributed by atoms with Crippen molar-refractivity contribution in [3.8, 4) is 0 Å². The molecule has 3 heterocycles. The Morgan fingerprint density at radius 2 is 1.75 bits per heavy atom. The fourth-order valence-corrected chi connectivity index (χ4v) is 5.03. The number of hydrogen-bond donors (Lipinski definition) is 1. The molecular formula is C27H27N3O5S. The fourth-order valence-electron chi connectivity index (χ4n) is 4.05. The summed E-state index contributed by atoms with van der Waals surface area (Å²) < 4.78 is 5.11. The molecule has 36 heavy (non-hydrogen) atoms. The lowest BCUT2D eigenvalue weighted by Gasteiger charge is -2.24. The van der Waals surface area contributed by atoms with Crippen LogP contribution >= 0.6 is 11.3 Å². The Morgan fingerprint density at radius 1 is 1.11 bits per heavy atom. The molecule has 0 saturated carbocycles. The predicted octanol–water partition coefficient (Wildman–Crippen LogP) is 4.95. The van der Waals surface area contributed by atoms with Gasteiger partial charge in [0.2, 0.25) is 0 Å². The average molecular weight is 506 g/mol. The summed E-state index contributed by atoms with van der Waals surface area (Å²) in [5.74, 6) is -2.51. The minimum Gasteiger partial charge on any atom is -0.507 e. The van der Waals surface area contributed by atoms with Crippen LogP contribution in [0.2, 0.25) is 0 Å². The number of rotatable bonds is 5. The first-order valence-corrected chi connectivity index (χ1v) is 12.3. The number of aliphatic hydroxyl groups excluding tert-OH is 1. The van der Waals surface area contributed by atoms with E-state index >= 15 is 0 Å². The number of thiazole rings is 1. The quantitative estimate of drug-likeness (QED) is 0.226. The Kier molecular flexibility index (Phi) is 6.77. The number of carbonyl (C=O) groups is 3. The van der Waals surface area contributed by atoms with E-state index in [4.69, 9.17) is 4.74 Å². The summed E-state index contributed by atoms with van der Waals surface area (Å²) in [5, 5.41) is 11.3. The molecule has 0 spiro atoms. The van der Waals surface area contributed by atoms with Crippen LogP contribution in [0.3, 0.4) is 0 Å². The molecule has 186 valence electrons. The summed E-state index contributed by atoms with van der Waals surface area (Å²) in [7, 11) is 0. The van der Waals surface area contributed by atoms with Gasteiger partial charge < -0.3 is 9.84 Å². The highest BCUT2D eigenvalue weighted by molar-refractivity contribution is 7.17. The molecule has 0 radical (unpaired) electrons. The molecular weight excluding hydrogens is 478 g/mol. The summed E-state index contributed by atoms with van der Waals surface area (Å²) >= 11 is 0.979. The third kappa shape index (κ3) is 4.54. The summed E-state index contributed by atoms with van der Waals surface area (Å²) in [6.07, 6.45) is 2.99. The maximum atomic E-state index is 13.3. The Bertz CT molecular complexity index is 1350. The number of hydrogen-bond acceptors (Lipinski definition) is 8. The van der Waals surface area contributed by atoms with Crippen LogP contribution in [0.1, 0.15) is 65.8 Å². The number of esters is 1. The van der Waals surface area contributed by atoms with Crippen LogP contribution in [0, 0.1) is 6.92 Å². The third-order valence-electron chi connectivity index (χ3n) is 5.94. The van der Waals surface area contributed by atoms with E-state index in [9.17, 15) is 19.5 Å². The summed E-state index contributed by atoms with van der Waals surface area (Å²) in [5.41, 5.74) is 2.31. The van der Waals surface area contributed by atoms with E-state index in [1.807, 2.05) is 24.3 Å². The third-order valence-corrected chi connectivity index (χ3v) is 7.08. The number of ketones is 1. The molecule has 1 aliphatic heterocycles. The summed E-state index contributed by atoms with van der Waals surface area (Å²) in [6.45, 7) is 9.81. The first-order chi connectivity index (χ1) is 17.0. The molecule has 1 aromatic carbocycles. The number of carbonyl (C=O) groups excluding carboxylic acids is 3. The van der Waals surface area contributed by atoms with Gasteiger partial charge in [-0.15, -0.1) is 0 Å². The molecule has 9 heteroatoms. The number of benzene rings is 1. The smallest absolute Gasteiger partial charge is 0.350 e. The van der Waals surface area contributed by atoms with E-state index in [-0.39, 0.29) is 33.4 Å². The summed E-state index contributed by atoms with van der Waals surface area (Å²) in [4.78, 5) is 49.0. The van der Waals surface area contributed by atoms with E-state index in [1.54, 1.807) is 26.0 Å². The number of amides is 1. The van der Waals surface area contributed by atoms with Gasteiger partial charge in [-0.05, 0) is 42.5 Å². The number of Topliss-reactive ketones (excluding diaryl/α,β-unsaturated/α-hetero) is 1. The normalized spacial score (nSPS) is 17.5. The van der Waals surface area contributed by atoms with Crippen molar-refractivity contribution in [2.75, 3.05) is 11.5 Å². The van der Waals surface area contributed by atoms with Crippen LogP contribution in [0.25, 0.3) is 5.76 Å². The van der Waals surface area contributed by atoms with Crippen LogP contribution in [0.4, 0.5) is 5.13 Å². The number of anilines is 1. The largest absolute Gasteiger partial charge is 0.507 e. The number of aromatic nitrogens is 2. The van der Waals surface area contributed by atoms with Crippen molar-refractivity contribution in [1.29, 1.82) is 0 Å². The zero-order chi connectivity index (χ0) is 26.2. The van der Waals surface area contributed by atoms with Gasteiger partial charge in [-0.25, -0.2) is 9.78 Å². The lowest BCUT2D eigenvalue weighted by atomic mass is 9.85. The van der Waals surface area contributed by atoms with E-state index in [0.29, 0.717) is 16.8 Å². The van der Waals surface area contributed by atoms with Crippen molar-refractivity contribution in [2.24, 2.45) is 0 Å². The van der Waals surface area contributed by atoms with E-state index in [1.165, 1.54) is 17.3 Å². The SMILES string of the molecule is CCOC(=O)c1sc(N2C(=O)C(=O)C(=C(O)c3ccncc3)C2c2ccc(C(C)(C)C)cc2)nc1C. The van der Waals surface area contributed by atoms with Crippen LogP contribution in [-0.2, 0) is 19.7 Å². The topological polar surface area (TPSA) is 110 Å². The molecule has 0 aliphatic carbocycles. The maximum absolute atomic E-state index is 13.3. The standard InChI is InChI=1S/C27H27N3O5S/c1-6-35-25(34)23-15(2)29-26(36-23)30-20(16-7-9-18(10-8-16)27(3,4)5)19(22(32)24(30)33)21(31)17-11-13-28-14-12-17/h7-14,20,31H,6H2,1-5H3. The summed E-state index contributed by atoms with van der Waals surface area (Å²) in [6, 6.07) is 9.77. The molecule has 2 aromatic heterocycles. The van der Waals surface area contributed by atoms with Crippen molar-refractivity contribution in [3.63, 3.8) is 0 Å². The van der Waals surface area contributed by atoms with Crippen molar-refractivity contribution in [1.82, 2.24) is 9.97 Å². The minimum absolute atomic E-state index is 0.0553. The minimum atomic E-state index is -0.937. The number of nitrogens with zero attached hydrogens (tertiary/aromatic N) is 3. The van der Waals surface area contributed by atoms with E-state index in [2.05, 4.69) is 30.7 Å². The van der Waals surface area contributed by atoms with Crippen molar-refractivity contribution >= 4 is 39.9 Å². The van der Waals surface area contributed by atoms with Gasteiger partial charge in [0.1, 0.15) is 10.6 Å². The second kappa shape index (κ2) is 9.66. The van der Waals surface area contributed by atoms with Gasteiger partial charge in [-0.3, -0.25) is 19.5 Å². The van der Waals surface area contributed by atoms with Crippen molar-refractivity contribution in [3.05, 3.63) is 81.6 Å². The molecule has 4 rings (SSSR count). The van der Waals surface area contributed by atoms with Crippen LogP contribution in [-0.4, -0.2) is 39.3 Å². The van der Waals surface area contributed by atoms with Crippen LogP contribution < -0.4 is 4.90 Å². The fraction of sp³-hybridized carbons (Fsp3) is 0.296. The van der Waals surface area contributed by atoms with Gasteiger partial charge in [0.25, 0.3) is 5.78 Å². The molecule has 1 unspecified atom stereocenters. The molecule has 3 aromatic rings. The molecule has 1 aliphatic rings. The Hall–Kier alpha value is -3.85. The molecule has 1 fully saturated rings. The van der Waals surface area contributed by atoms with E-state index < -0.39 is 23.7 Å². The molecule has 0 bridgehead atoms. The van der Waals surface area contributed by atoms with Crippen molar-refractivity contribution < 1.29 is 24.2 Å². The molecule has 1 atom stereocenters.